The summed E-state index contributed by atoms with van der Waals surface area (Å²) in [5, 5.41) is 17.6. The second-order valence-corrected chi connectivity index (χ2v) is 7.55. The molecule has 0 bridgehead atoms. The highest BCUT2D eigenvalue weighted by Crippen LogP contribution is 2.46. The maximum atomic E-state index is 13.0. The van der Waals surface area contributed by atoms with Gasteiger partial charge < -0.3 is 15.2 Å². The van der Waals surface area contributed by atoms with Gasteiger partial charge in [0, 0.05) is 17.7 Å². The molecule has 1 unspecified atom stereocenters. The fourth-order valence-corrected chi connectivity index (χ4v) is 3.83. The number of rotatable bonds is 3. The molecular formula is C19H22N4O3. The van der Waals surface area contributed by atoms with E-state index in [1.54, 1.807) is 22.9 Å². The lowest BCUT2D eigenvalue weighted by Gasteiger charge is -2.38. The van der Waals surface area contributed by atoms with E-state index in [4.69, 9.17) is 4.74 Å². The molecule has 2 aliphatic rings. The number of ketones is 1. The van der Waals surface area contributed by atoms with E-state index in [2.05, 4.69) is 29.2 Å². The van der Waals surface area contributed by atoms with Gasteiger partial charge in [0.25, 0.3) is 0 Å². The van der Waals surface area contributed by atoms with Crippen LogP contribution in [0.3, 0.4) is 0 Å². The van der Waals surface area contributed by atoms with Crippen LogP contribution in [-0.4, -0.2) is 32.3 Å². The third-order valence-corrected chi connectivity index (χ3v) is 4.87. The fourth-order valence-electron chi connectivity index (χ4n) is 3.83. The number of carbonyl (C=O) groups is 1. The molecule has 1 aromatic carbocycles. The zero-order valence-corrected chi connectivity index (χ0v) is 15.1. The number of hydrogen-bond donors (Lipinski definition) is 2. The van der Waals surface area contributed by atoms with Crippen molar-refractivity contribution in [3.63, 3.8) is 0 Å². The molecule has 2 aromatic rings. The minimum absolute atomic E-state index is 0.0775. The normalized spacial score (nSPS) is 21.0. The predicted molar refractivity (Wildman–Crippen MR) is 96.1 cm³/mol. The molecule has 0 spiro atoms. The highest BCUT2D eigenvalue weighted by molar-refractivity contribution is 6.00. The average molecular weight is 354 g/mol. The molecule has 4 rings (SSSR count). The van der Waals surface area contributed by atoms with Crippen LogP contribution in [0.15, 0.2) is 35.8 Å². The summed E-state index contributed by atoms with van der Waals surface area (Å²) in [4.78, 5) is 17.3. The molecule has 0 radical (unpaired) electrons. The molecule has 0 saturated heterocycles. The summed E-state index contributed by atoms with van der Waals surface area (Å²) in [6, 6.07) is 4.79. The van der Waals surface area contributed by atoms with E-state index in [0.29, 0.717) is 24.7 Å². The highest BCUT2D eigenvalue weighted by Gasteiger charge is 2.41. The molecule has 0 fully saturated rings. The number of aromatic hydroxyl groups is 1. The van der Waals surface area contributed by atoms with Crippen LogP contribution in [0.25, 0.3) is 0 Å². The summed E-state index contributed by atoms with van der Waals surface area (Å²) >= 11 is 0. The molecule has 0 amide bonds. The molecule has 2 N–H and O–H groups in total. The first-order valence-electron chi connectivity index (χ1n) is 8.78. The van der Waals surface area contributed by atoms with Gasteiger partial charge in [-0.25, -0.2) is 4.68 Å². The van der Waals surface area contributed by atoms with Crippen LogP contribution in [0.2, 0.25) is 0 Å². The number of phenols is 1. The second-order valence-electron chi connectivity index (χ2n) is 7.55. The van der Waals surface area contributed by atoms with E-state index in [9.17, 15) is 9.90 Å². The van der Waals surface area contributed by atoms with Gasteiger partial charge in [-0.1, -0.05) is 19.9 Å². The van der Waals surface area contributed by atoms with E-state index < -0.39 is 0 Å². The highest BCUT2D eigenvalue weighted by atomic mass is 16.5. The maximum Gasteiger partial charge on any atom is 0.226 e. The van der Waals surface area contributed by atoms with E-state index in [-0.39, 0.29) is 23.0 Å². The van der Waals surface area contributed by atoms with Gasteiger partial charge >= 0.3 is 0 Å². The molecule has 0 saturated carbocycles. The van der Waals surface area contributed by atoms with Gasteiger partial charge in [-0.15, -0.1) is 0 Å². The van der Waals surface area contributed by atoms with Crippen molar-refractivity contribution in [2.45, 2.75) is 39.7 Å². The first-order chi connectivity index (χ1) is 12.4. The number of anilines is 1. The monoisotopic (exact) mass is 354 g/mol. The number of hydrogen-bond acceptors (Lipinski definition) is 6. The van der Waals surface area contributed by atoms with Crippen molar-refractivity contribution in [1.29, 1.82) is 0 Å². The molecule has 7 nitrogen and oxygen atoms in total. The Kier molecular flexibility index (Phi) is 3.75. The Labute approximate surface area is 151 Å². The molecule has 2 heterocycles. The van der Waals surface area contributed by atoms with Crippen molar-refractivity contribution >= 4 is 11.7 Å². The van der Waals surface area contributed by atoms with Gasteiger partial charge in [-0.05, 0) is 36.5 Å². The van der Waals surface area contributed by atoms with Crippen molar-refractivity contribution < 1.29 is 14.6 Å². The van der Waals surface area contributed by atoms with Crippen LogP contribution in [-0.2, 0) is 4.79 Å². The minimum Gasteiger partial charge on any atom is -0.504 e. The van der Waals surface area contributed by atoms with Crippen LogP contribution in [0.1, 0.15) is 45.2 Å². The number of nitrogens with zero attached hydrogens (tertiary/aromatic N) is 3. The molecule has 1 aliphatic heterocycles. The third kappa shape index (κ3) is 2.64. The molecule has 1 aliphatic carbocycles. The van der Waals surface area contributed by atoms with E-state index in [1.165, 1.54) is 6.33 Å². The fraction of sp³-hybridized carbons (Fsp3) is 0.421. The summed E-state index contributed by atoms with van der Waals surface area (Å²) in [6.07, 6.45) is 2.74. The number of ether oxygens (including phenoxy) is 1. The number of aromatic nitrogens is 3. The summed E-state index contributed by atoms with van der Waals surface area (Å²) in [5.41, 5.74) is 2.36. The molecule has 26 heavy (non-hydrogen) atoms. The van der Waals surface area contributed by atoms with Crippen LogP contribution in [0.5, 0.6) is 11.5 Å². The molecular weight excluding hydrogens is 332 g/mol. The number of allylic oxidation sites excluding steroid dienone is 2. The number of nitrogens with one attached hydrogen (secondary N) is 1. The van der Waals surface area contributed by atoms with Crippen molar-refractivity contribution in [3.8, 4) is 11.5 Å². The standard InChI is InChI=1S/C19H22N4O3/c1-4-26-15-7-11(5-6-13(15)24)17-16-12(8-19(2,3)9-14(16)25)22-18-20-10-21-23(17)18/h5-7,10,17,24H,4,8-9H2,1-3H3,(H,20,21,22). The maximum absolute atomic E-state index is 13.0. The van der Waals surface area contributed by atoms with Crippen molar-refractivity contribution in [2.24, 2.45) is 5.41 Å². The van der Waals surface area contributed by atoms with E-state index >= 15 is 0 Å². The zero-order chi connectivity index (χ0) is 18.5. The van der Waals surface area contributed by atoms with Crippen molar-refractivity contribution in [1.82, 2.24) is 14.8 Å². The number of benzene rings is 1. The van der Waals surface area contributed by atoms with Gasteiger partial charge in [0.15, 0.2) is 17.3 Å². The Morgan fingerprint density at radius 2 is 2.19 bits per heavy atom. The molecule has 7 heteroatoms. The third-order valence-electron chi connectivity index (χ3n) is 4.87. The van der Waals surface area contributed by atoms with Gasteiger partial charge in [-0.2, -0.15) is 10.1 Å². The summed E-state index contributed by atoms with van der Waals surface area (Å²) in [6.45, 7) is 6.50. The molecule has 1 atom stereocenters. The first kappa shape index (κ1) is 16.6. The predicted octanol–water partition coefficient (Wildman–Crippen LogP) is 3.04. The lowest BCUT2D eigenvalue weighted by molar-refractivity contribution is -0.118. The van der Waals surface area contributed by atoms with Crippen LogP contribution >= 0.6 is 0 Å². The summed E-state index contributed by atoms with van der Waals surface area (Å²) in [7, 11) is 0. The topological polar surface area (TPSA) is 89.3 Å². The Hall–Kier alpha value is -2.83. The number of fused-ring (bicyclic) bond motifs is 1. The van der Waals surface area contributed by atoms with Gasteiger partial charge in [-0.3, -0.25) is 4.79 Å². The molecule has 136 valence electrons. The van der Waals surface area contributed by atoms with E-state index in [0.717, 1.165) is 23.3 Å². The van der Waals surface area contributed by atoms with Crippen LogP contribution in [0.4, 0.5) is 5.95 Å². The molecule has 1 aromatic heterocycles. The number of Topliss-reactive ketones (excluding diaryl/α,β-unsaturated/α-hetero) is 1. The number of phenolic OH excluding ortho intramolecular Hbond substituents is 1. The quantitative estimate of drug-likeness (QED) is 0.881. The van der Waals surface area contributed by atoms with Crippen molar-refractivity contribution in [2.75, 3.05) is 11.9 Å². The van der Waals surface area contributed by atoms with E-state index in [1.807, 2.05) is 6.92 Å². The lowest BCUT2D eigenvalue weighted by Crippen LogP contribution is -2.36. The van der Waals surface area contributed by atoms with Crippen LogP contribution in [0, 0.1) is 5.41 Å². The largest absolute Gasteiger partial charge is 0.504 e. The smallest absolute Gasteiger partial charge is 0.226 e. The Morgan fingerprint density at radius 1 is 1.38 bits per heavy atom. The SMILES string of the molecule is CCOc1cc(C2C3=C(CC(C)(C)CC3=O)Nc3ncnn32)ccc1O. The Balaban J connectivity index is 1.87. The van der Waals surface area contributed by atoms with Crippen molar-refractivity contribution in [3.05, 3.63) is 41.4 Å². The summed E-state index contributed by atoms with van der Waals surface area (Å²) in [5.74, 6) is 1.20. The van der Waals surface area contributed by atoms with Gasteiger partial charge in [0.2, 0.25) is 5.95 Å². The zero-order valence-electron chi connectivity index (χ0n) is 15.1. The Morgan fingerprint density at radius 3 is 2.96 bits per heavy atom. The lowest BCUT2D eigenvalue weighted by atomic mass is 9.73. The second kappa shape index (κ2) is 5.86. The number of carbonyl (C=O) groups excluding carboxylic acids is 1. The Bertz CT molecular complexity index is 913. The van der Waals surface area contributed by atoms with Gasteiger partial charge in [0.05, 0.1) is 6.61 Å². The average Bonchev–Trinajstić information content (AvgIpc) is 3.02. The van der Waals surface area contributed by atoms with Gasteiger partial charge in [0.1, 0.15) is 12.4 Å². The summed E-state index contributed by atoms with van der Waals surface area (Å²) < 4.78 is 7.24. The first-order valence-corrected chi connectivity index (χ1v) is 8.78. The minimum atomic E-state index is -0.382. The van der Waals surface area contributed by atoms with Crippen LogP contribution < -0.4 is 10.1 Å².